The first-order chi connectivity index (χ1) is 12.3. The van der Waals surface area contributed by atoms with Crippen LogP contribution in [0, 0.1) is 0 Å². The Balaban J connectivity index is 1.84. The summed E-state index contributed by atoms with van der Waals surface area (Å²) in [6.45, 7) is 6.07. The van der Waals surface area contributed by atoms with E-state index in [9.17, 15) is 5.11 Å². The maximum atomic E-state index is 9.97. The molecule has 3 nitrogen and oxygen atoms in total. The number of aliphatic imine (C=N–C) groups is 1. The molecule has 0 radical (unpaired) electrons. The lowest BCUT2D eigenvalue weighted by atomic mass is 10.0. The summed E-state index contributed by atoms with van der Waals surface area (Å²) in [5, 5.41) is 9.97. The van der Waals surface area contributed by atoms with Gasteiger partial charge in [-0.05, 0) is 13.3 Å². The normalized spacial score (nSPS) is 16.5. The van der Waals surface area contributed by atoms with E-state index in [-0.39, 0.29) is 12.1 Å². The van der Waals surface area contributed by atoms with Crippen LogP contribution in [0.25, 0.3) is 0 Å². The van der Waals surface area contributed by atoms with Gasteiger partial charge in [-0.2, -0.15) is 0 Å². The zero-order valence-corrected chi connectivity index (χ0v) is 17.1. The molecule has 148 valence electrons. The predicted octanol–water partition coefficient (Wildman–Crippen LogP) is 5.95. The van der Waals surface area contributed by atoms with Crippen molar-refractivity contribution in [2.45, 2.75) is 122 Å². The van der Waals surface area contributed by atoms with Crippen LogP contribution in [-0.4, -0.2) is 41.6 Å². The fourth-order valence-electron chi connectivity index (χ4n) is 3.88. The van der Waals surface area contributed by atoms with Crippen LogP contribution < -0.4 is 0 Å². The Morgan fingerprint density at radius 3 is 1.72 bits per heavy atom. The van der Waals surface area contributed by atoms with Gasteiger partial charge in [-0.25, -0.2) is 0 Å². The quantitative estimate of drug-likeness (QED) is 0.328. The van der Waals surface area contributed by atoms with Gasteiger partial charge in [0, 0.05) is 6.54 Å². The van der Waals surface area contributed by atoms with Crippen molar-refractivity contribution in [2.24, 2.45) is 4.99 Å². The molecule has 1 aliphatic rings. The number of unbranched alkanes of at least 4 members (excludes halogenated alkanes) is 13. The highest BCUT2D eigenvalue weighted by Gasteiger charge is 2.22. The van der Waals surface area contributed by atoms with Crippen LogP contribution in [-0.2, 0) is 0 Å². The second kappa shape index (κ2) is 15.7. The van der Waals surface area contributed by atoms with Crippen LogP contribution in [0.3, 0.4) is 0 Å². The Kier molecular flexibility index (Phi) is 14.1. The van der Waals surface area contributed by atoms with E-state index < -0.39 is 0 Å². The summed E-state index contributed by atoms with van der Waals surface area (Å²) in [5.41, 5.74) is 0. The molecular formula is C22H44N2O. The lowest BCUT2D eigenvalue weighted by Gasteiger charge is -2.29. The van der Waals surface area contributed by atoms with Gasteiger partial charge in [0.25, 0.3) is 0 Å². The van der Waals surface area contributed by atoms with Crippen LogP contribution in [0.4, 0.5) is 0 Å². The molecule has 1 rings (SSSR count). The monoisotopic (exact) mass is 352 g/mol. The summed E-state index contributed by atoms with van der Waals surface area (Å²) < 4.78 is 0. The first-order valence-corrected chi connectivity index (χ1v) is 11.2. The number of hydrogen-bond acceptors (Lipinski definition) is 3. The number of aliphatic hydroxyl groups excluding tert-OH is 1. The SMILES string of the molecule is CCCCCCCCCCCCCCCCC(C(C)O)N1C=NCC1. The van der Waals surface area contributed by atoms with Gasteiger partial charge in [0.2, 0.25) is 0 Å². The van der Waals surface area contributed by atoms with Crippen molar-refractivity contribution >= 4 is 6.34 Å². The minimum absolute atomic E-state index is 0.258. The highest BCUT2D eigenvalue weighted by atomic mass is 16.3. The van der Waals surface area contributed by atoms with E-state index in [1.54, 1.807) is 0 Å². The summed E-state index contributed by atoms with van der Waals surface area (Å²) in [4.78, 5) is 6.50. The second-order valence-corrected chi connectivity index (χ2v) is 7.95. The first kappa shape index (κ1) is 22.5. The summed E-state index contributed by atoms with van der Waals surface area (Å²) in [6.07, 6.45) is 22.3. The molecule has 0 aromatic rings. The molecule has 3 heteroatoms. The summed E-state index contributed by atoms with van der Waals surface area (Å²) >= 11 is 0. The fourth-order valence-corrected chi connectivity index (χ4v) is 3.88. The minimum atomic E-state index is -0.258. The molecule has 0 fully saturated rings. The van der Waals surface area contributed by atoms with Crippen LogP contribution in [0.2, 0.25) is 0 Å². The molecule has 0 saturated carbocycles. The van der Waals surface area contributed by atoms with Crippen molar-refractivity contribution < 1.29 is 5.11 Å². The molecule has 0 amide bonds. The molecule has 2 atom stereocenters. The van der Waals surface area contributed by atoms with Gasteiger partial charge in [0.05, 0.1) is 25.0 Å². The summed E-state index contributed by atoms with van der Waals surface area (Å²) in [5.74, 6) is 0. The van der Waals surface area contributed by atoms with Gasteiger partial charge in [0.15, 0.2) is 0 Å². The van der Waals surface area contributed by atoms with E-state index in [4.69, 9.17) is 0 Å². The lowest BCUT2D eigenvalue weighted by Crippen LogP contribution is -2.40. The van der Waals surface area contributed by atoms with Crippen molar-refractivity contribution in [3.05, 3.63) is 0 Å². The zero-order valence-electron chi connectivity index (χ0n) is 17.1. The van der Waals surface area contributed by atoms with Crippen molar-refractivity contribution in [3.8, 4) is 0 Å². The largest absolute Gasteiger partial charge is 0.391 e. The highest BCUT2D eigenvalue weighted by Crippen LogP contribution is 2.17. The van der Waals surface area contributed by atoms with Crippen LogP contribution in [0.5, 0.6) is 0 Å². The molecule has 0 aromatic heterocycles. The van der Waals surface area contributed by atoms with Gasteiger partial charge < -0.3 is 10.0 Å². The first-order valence-electron chi connectivity index (χ1n) is 11.2. The molecule has 0 spiro atoms. The highest BCUT2D eigenvalue weighted by molar-refractivity contribution is 5.57. The van der Waals surface area contributed by atoms with E-state index in [0.717, 1.165) is 19.5 Å². The van der Waals surface area contributed by atoms with E-state index in [0.29, 0.717) is 0 Å². The molecule has 2 unspecified atom stereocenters. The Morgan fingerprint density at radius 1 is 0.840 bits per heavy atom. The average molecular weight is 353 g/mol. The minimum Gasteiger partial charge on any atom is -0.391 e. The summed E-state index contributed by atoms with van der Waals surface area (Å²) in [7, 11) is 0. The third-order valence-corrected chi connectivity index (χ3v) is 5.55. The molecule has 1 heterocycles. The Bertz CT molecular complexity index is 317. The van der Waals surface area contributed by atoms with Gasteiger partial charge in [-0.1, -0.05) is 96.8 Å². The molecule has 1 aliphatic heterocycles. The van der Waals surface area contributed by atoms with Gasteiger partial charge in [0.1, 0.15) is 0 Å². The zero-order chi connectivity index (χ0) is 18.2. The number of nitrogens with zero attached hydrogens (tertiary/aromatic N) is 2. The Hall–Kier alpha value is -0.570. The van der Waals surface area contributed by atoms with E-state index in [1.165, 1.54) is 89.9 Å². The van der Waals surface area contributed by atoms with Gasteiger partial charge in [-0.3, -0.25) is 4.99 Å². The molecular weight excluding hydrogens is 308 g/mol. The topological polar surface area (TPSA) is 35.8 Å². The van der Waals surface area contributed by atoms with E-state index in [1.807, 2.05) is 13.3 Å². The van der Waals surface area contributed by atoms with E-state index >= 15 is 0 Å². The van der Waals surface area contributed by atoms with Crippen molar-refractivity contribution in [2.75, 3.05) is 13.1 Å². The molecule has 0 aromatic carbocycles. The smallest absolute Gasteiger partial charge is 0.0854 e. The molecule has 0 aliphatic carbocycles. The number of aliphatic hydroxyl groups is 1. The van der Waals surface area contributed by atoms with Crippen molar-refractivity contribution in [1.29, 1.82) is 0 Å². The molecule has 1 N–H and O–H groups in total. The standard InChI is InChI=1S/C22H44N2O/c1-3-4-5-6-7-8-9-10-11-12-13-14-15-16-17-22(21(2)25)24-19-18-23-20-24/h20-22,25H,3-19H2,1-2H3. The Labute approximate surface area is 157 Å². The summed E-state index contributed by atoms with van der Waals surface area (Å²) in [6, 6.07) is 0.267. The third-order valence-electron chi connectivity index (χ3n) is 5.55. The predicted molar refractivity (Wildman–Crippen MR) is 110 cm³/mol. The lowest BCUT2D eigenvalue weighted by molar-refractivity contribution is 0.0984. The molecule has 25 heavy (non-hydrogen) atoms. The number of hydrogen-bond donors (Lipinski definition) is 1. The van der Waals surface area contributed by atoms with E-state index in [2.05, 4.69) is 16.8 Å². The maximum Gasteiger partial charge on any atom is 0.0854 e. The Morgan fingerprint density at radius 2 is 1.32 bits per heavy atom. The fraction of sp³-hybridized carbons (Fsp3) is 0.955. The van der Waals surface area contributed by atoms with Crippen LogP contribution >= 0.6 is 0 Å². The van der Waals surface area contributed by atoms with Crippen molar-refractivity contribution in [3.63, 3.8) is 0 Å². The average Bonchev–Trinajstić information content (AvgIpc) is 3.12. The van der Waals surface area contributed by atoms with Crippen molar-refractivity contribution in [1.82, 2.24) is 4.90 Å². The van der Waals surface area contributed by atoms with Gasteiger partial charge in [-0.15, -0.1) is 0 Å². The van der Waals surface area contributed by atoms with Crippen LogP contribution in [0.15, 0.2) is 4.99 Å². The maximum absolute atomic E-state index is 9.97. The molecule has 0 saturated heterocycles. The second-order valence-electron chi connectivity index (χ2n) is 7.95. The third kappa shape index (κ3) is 11.6. The molecule has 0 bridgehead atoms. The van der Waals surface area contributed by atoms with Gasteiger partial charge >= 0.3 is 0 Å². The number of rotatable bonds is 17. The van der Waals surface area contributed by atoms with Crippen LogP contribution in [0.1, 0.15) is 110 Å².